The van der Waals surface area contributed by atoms with Crippen molar-refractivity contribution in [1.29, 1.82) is 0 Å². The molecule has 0 saturated carbocycles. The van der Waals surface area contributed by atoms with Gasteiger partial charge in [0.1, 0.15) is 5.75 Å². The lowest BCUT2D eigenvalue weighted by atomic mass is 9.96. The highest BCUT2D eigenvalue weighted by molar-refractivity contribution is 7.80. The summed E-state index contributed by atoms with van der Waals surface area (Å²) in [6.07, 6.45) is 1.80. The Kier molecular flexibility index (Phi) is 7.83. The van der Waals surface area contributed by atoms with Crippen molar-refractivity contribution in [3.05, 3.63) is 101 Å². The van der Waals surface area contributed by atoms with Gasteiger partial charge in [0, 0.05) is 34.9 Å². The maximum Gasteiger partial charge on any atom is 0.226 e. The van der Waals surface area contributed by atoms with Crippen LogP contribution in [0.1, 0.15) is 48.6 Å². The molecule has 2 atom stereocenters. The van der Waals surface area contributed by atoms with E-state index in [0.29, 0.717) is 15.8 Å². The van der Waals surface area contributed by atoms with Crippen molar-refractivity contribution in [2.75, 3.05) is 17.3 Å². The molecule has 1 aliphatic heterocycles. The Hall–Kier alpha value is -3.88. The molecule has 2 N–H and O–H groups in total. The van der Waals surface area contributed by atoms with E-state index in [1.807, 2.05) is 62.4 Å². The molecule has 0 aliphatic carbocycles. The number of thiocarbonyl (C=S) groups is 1. The van der Waals surface area contributed by atoms with E-state index < -0.39 is 0 Å². The molecule has 1 saturated heterocycles. The smallest absolute Gasteiger partial charge is 0.226 e. The largest absolute Gasteiger partial charge is 0.497 e. The molecule has 206 valence electrons. The molecule has 2 aromatic carbocycles. The van der Waals surface area contributed by atoms with Crippen molar-refractivity contribution in [2.45, 2.75) is 39.8 Å². The second kappa shape index (κ2) is 11.3. The minimum atomic E-state index is -0.201. The van der Waals surface area contributed by atoms with Gasteiger partial charge in [0.15, 0.2) is 5.11 Å². The summed E-state index contributed by atoms with van der Waals surface area (Å²) >= 11 is 12.6. The van der Waals surface area contributed by atoms with Crippen molar-refractivity contribution < 1.29 is 9.53 Å². The van der Waals surface area contributed by atoms with Gasteiger partial charge in [0.05, 0.1) is 35.6 Å². The molecule has 7 nitrogen and oxygen atoms in total. The summed E-state index contributed by atoms with van der Waals surface area (Å²) in [5, 5.41) is 7.43. The van der Waals surface area contributed by atoms with Gasteiger partial charge in [0.2, 0.25) is 5.91 Å². The maximum absolute atomic E-state index is 12.3. The van der Waals surface area contributed by atoms with Gasteiger partial charge >= 0.3 is 0 Å². The minimum Gasteiger partial charge on any atom is -0.497 e. The average molecular weight is 574 g/mol. The van der Waals surface area contributed by atoms with E-state index in [0.717, 1.165) is 39.8 Å². The van der Waals surface area contributed by atoms with Gasteiger partial charge in [-0.05, 0) is 92.3 Å². The molecule has 1 aliphatic rings. The number of aryl methyl sites for hydroxylation is 1. The molecule has 1 fully saturated rings. The van der Waals surface area contributed by atoms with E-state index in [9.17, 15) is 4.79 Å². The Bertz CT molecular complexity index is 1550. The number of carbonyl (C=O) groups is 1. The third-order valence-electron chi connectivity index (χ3n) is 7.23. The van der Waals surface area contributed by atoms with E-state index in [1.54, 1.807) is 13.3 Å². The Morgan fingerprint density at radius 1 is 1.07 bits per heavy atom. The van der Waals surface area contributed by atoms with Crippen LogP contribution in [0.25, 0.3) is 5.69 Å². The molecular weight excluding hydrogens is 542 g/mol. The number of hydrogen-bond donors (Lipinski definition) is 2. The van der Waals surface area contributed by atoms with Crippen LogP contribution in [0.4, 0.5) is 11.4 Å². The van der Waals surface area contributed by atoms with E-state index in [-0.39, 0.29) is 23.9 Å². The summed E-state index contributed by atoms with van der Waals surface area (Å²) < 4.78 is 7.60. The van der Waals surface area contributed by atoms with Crippen LogP contribution in [0.5, 0.6) is 5.75 Å². The molecule has 3 heterocycles. The monoisotopic (exact) mass is 573 g/mol. The predicted molar refractivity (Wildman–Crippen MR) is 165 cm³/mol. The van der Waals surface area contributed by atoms with Crippen molar-refractivity contribution in [3.8, 4) is 11.4 Å². The number of nitrogens with zero attached hydrogens (tertiary/aromatic N) is 3. The van der Waals surface area contributed by atoms with Gasteiger partial charge in [0.25, 0.3) is 0 Å². The highest BCUT2D eigenvalue weighted by Gasteiger charge is 2.42. The zero-order valence-corrected chi connectivity index (χ0v) is 24.7. The van der Waals surface area contributed by atoms with Crippen molar-refractivity contribution in [1.82, 2.24) is 14.9 Å². The number of carbonyl (C=O) groups excluding carboxylic acids is 1. The Morgan fingerprint density at radius 3 is 2.42 bits per heavy atom. The number of anilines is 2. The number of benzene rings is 2. The molecule has 5 rings (SSSR count). The van der Waals surface area contributed by atoms with Crippen LogP contribution in [0.15, 0.2) is 72.9 Å². The maximum atomic E-state index is 12.3. The number of pyridine rings is 1. The zero-order chi connectivity index (χ0) is 28.6. The second-order valence-corrected chi connectivity index (χ2v) is 11.0. The molecular formula is C31H32ClN5O2S. The fourth-order valence-corrected chi connectivity index (χ4v) is 5.76. The number of rotatable bonds is 7. The fraction of sp³-hybridized carbons (Fsp3) is 0.258. The number of ether oxygens (including phenoxy) is 1. The van der Waals surface area contributed by atoms with Gasteiger partial charge in [-0.25, -0.2) is 0 Å². The Morgan fingerprint density at radius 2 is 1.80 bits per heavy atom. The molecule has 1 amide bonds. The number of halogens is 1. The summed E-state index contributed by atoms with van der Waals surface area (Å²) in [7, 11) is 1.67. The second-order valence-electron chi connectivity index (χ2n) is 10.2. The molecule has 40 heavy (non-hydrogen) atoms. The van der Waals surface area contributed by atoms with E-state index in [4.69, 9.17) is 28.6 Å². The third-order valence-corrected chi connectivity index (χ3v) is 7.86. The van der Waals surface area contributed by atoms with Gasteiger partial charge in [-0.1, -0.05) is 31.5 Å². The molecule has 4 aromatic rings. The van der Waals surface area contributed by atoms with Gasteiger partial charge in [-0.2, -0.15) is 0 Å². The first-order valence-electron chi connectivity index (χ1n) is 13.1. The van der Waals surface area contributed by atoms with Gasteiger partial charge < -0.3 is 24.8 Å². The minimum absolute atomic E-state index is 0.0907. The zero-order valence-electron chi connectivity index (χ0n) is 23.1. The molecule has 0 spiro atoms. The standard InChI is InChI=1S/C31H32ClN5O2S/c1-18(2)30(38)34-26-14-11-22(17-25(26)32)37-29(28(35-31(37)40)27-8-6-7-15-33-27)24-16-19(3)36(20(24)4)21-9-12-23(39-5)13-10-21/h6-18,28-29H,1-5H3,(H,34,38)(H,35,40)/t28-,29+/m1/s1. The van der Waals surface area contributed by atoms with E-state index in [1.165, 1.54) is 0 Å². The van der Waals surface area contributed by atoms with E-state index >= 15 is 0 Å². The number of hydrogen-bond acceptors (Lipinski definition) is 4. The summed E-state index contributed by atoms with van der Waals surface area (Å²) in [5.41, 5.74) is 6.63. The number of methoxy groups -OCH3 is 1. The van der Waals surface area contributed by atoms with Crippen LogP contribution in [0.2, 0.25) is 5.02 Å². The van der Waals surface area contributed by atoms with Crippen LogP contribution in [-0.2, 0) is 4.79 Å². The first-order valence-corrected chi connectivity index (χ1v) is 13.9. The predicted octanol–water partition coefficient (Wildman–Crippen LogP) is 6.92. The topological polar surface area (TPSA) is 71.4 Å². The summed E-state index contributed by atoms with van der Waals surface area (Å²) in [4.78, 5) is 19.1. The molecule has 0 bridgehead atoms. The molecule has 0 unspecified atom stereocenters. The van der Waals surface area contributed by atoms with Crippen molar-refractivity contribution in [3.63, 3.8) is 0 Å². The SMILES string of the molecule is COc1ccc(-n2c(C)cc([C@H]3[C@@H](c4ccccn4)NC(=S)N3c3ccc(NC(=O)C(C)C)c(Cl)c3)c2C)cc1. The van der Waals surface area contributed by atoms with Crippen LogP contribution in [-0.4, -0.2) is 27.7 Å². The molecule has 9 heteroatoms. The van der Waals surface area contributed by atoms with Gasteiger partial charge in [-0.3, -0.25) is 9.78 Å². The Balaban J connectivity index is 1.60. The van der Waals surface area contributed by atoms with Crippen LogP contribution in [0, 0.1) is 19.8 Å². The molecule has 0 radical (unpaired) electrons. The normalized spacial score (nSPS) is 16.8. The summed E-state index contributed by atoms with van der Waals surface area (Å²) in [6.45, 7) is 7.91. The highest BCUT2D eigenvalue weighted by Crippen LogP contribution is 2.44. The Labute approximate surface area is 245 Å². The quantitative estimate of drug-likeness (QED) is 0.234. The van der Waals surface area contributed by atoms with Crippen molar-refractivity contribution >= 4 is 46.2 Å². The van der Waals surface area contributed by atoms with Crippen molar-refractivity contribution in [2.24, 2.45) is 5.92 Å². The number of amides is 1. The first-order chi connectivity index (χ1) is 19.2. The lowest BCUT2D eigenvalue weighted by Gasteiger charge is -2.28. The lowest BCUT2D eigenvalue weighted by molar-refractivity contribution is -0.118. The fourth-order valence-electron chi connectivity index (χ4n) is 5.20. The first kappa shape index (κ1) is 27.7. The van der Waals surface area contributed by atoms with Crippen LogP contribution in [0.3, 0.4) is 0 Å². The van der Waals surface area contributed by atoms with E-state index in [2.05, 4.69) is 57.1 Å². The average Bonchev–Trinajstić information content (AvgIpc) is 3.44. The summed E-state index contributed by atoms with van der Waals surface area (Å²) in [5.74, 6) is 0.561. The van der Waals surface area contributed by atoms with Gasteiger partial charge in [-0.15, -0.1) is 0 Å². The van der Waals surface area contributed by atoms with Crippen LogP contribution >= 0.6 is 23.8 Å². The highest BCUT2D eigenvalue weighted by atomic mass is 35.5. The van der Waals surface area contributed by atoms with Crippen LogP contribution < -0.4 is 20.3 Å². The molecule has 2 aromatic heterocycles. The number of nitrogens with one attached hydrogen (secondary N) is 2. The number of aromatic nitrogens is 2. The lowest BCUT2D eigenvalue weighted by Crippen LogP contribution is -2.29. The summed E-state index contributed by atoms with van der Waals surface area (Å²) in [6, 6.07) is 21.4. The third kappa shape index (κ3) is 5.17.